The van der Waals surface area contributed by atoms with Gasteiger partial charge in [-0.15, -0.1) is 0 Å². The standard InChI is InChI=1S/C21H26N4/c1-16-7-8-17(2)18(13-16)14-24-9-11-25(12-10-24)15-21-22-19-5-3-4-6-20(19)23-21/h3-8,13H,9-12,14-15H2,1-2H3,(H,22,23). The highest BCUT2D eigenvalue weighted by molar-refractivity contribution is 5.74. The zero-order valence-corrected chi connectivity index (χ0v) is 15.1. The van der Waals surface area contributed by atoms with Crippen molar-refractivity contribution in [3.63, 3.8) is 0 Å². The monoisotopic (exact) mass is 334 g/mol. The number of aromatic amines is 1. The van der Waals surface area contributed by atoms with E-state index in [1.54, 1.807) is 0 Å². The molecule has 1 fully saturated rings. The largest absolute Gasteiger partial charge is 0.341 e. The second-order valence-electron chi connectivity index (χ2n) is 7.18. The van der Waals surface area contributed by atoms with Crippen LogP contribution in [0.15, 0.2) is 42.5 Å². The summed E-state index contributed by atoms with van der Waals surface area (Å²) in [5.41, 5.74) is 6.40. The van der Waals surface area contributed by atoms with Crippen molar-refractivity contribution in [2.75, 3.05) is 26.2 Å². The van der Waals surface area contributed by atoms with Crippen LogP contribution < -0.4 is 0 Å². The third-order valence-corrected chi connectivity index (χ3v) is 5.18. The molecule has 0 aliphatic carbocycles. The Morgan fingerprint density at radius 3 is 2.40 bits per heavy atom. The maximum Gasteiger partial charge on any atom is 0.121 e. The van der Waals surface area contributed by atoms with E-state index in [0.717, 1.165) is 56.1 Å². The predicted molar refractivity (Wildman–Crippen MR) is 103 cm³/mol. The molecule has 0 amide bonds. The zero-order chi connectivity index (χ0) is 17.2. The number of piperazine rings is 1. The Balaban J connectivity index is 1.34. The summed E-state index contributed by atoms with van der Waals surface area (Å²) in [6.45, 7) is 10.8. The number of para-hydroxylation sites is 2. The quantitative estimate of drug-likeness (QED) is 0.793. The molecule has 2 aromatic carbocycles. The number of imidazole rings is 1. The molecule has 0 radical (unpaired) electrons. The summed E-state index contributed by atoms with van der Waals surface area (Å²) in [4.78, 5) is 13.2. The van der Waals surface area contributed by atoms with Gasteiger partial charge in [0.1, 0.15) is 5.82 Å². The Hall–Kier alpha value is -2.17. The van der Waals surface area contributed by atoms with E-state index in [-0.39, 0.29) is 0 Å². The van der Waals surface area contributed by atoms with E-state index in [0.29, 0.717) is 0 Å². The zero-order valence-electron chi connectivity index (χ0n) is 15.1. The first-order valence-electron chi connectivity index (χ1n) is 9.12. The minimum atomic E-state index is 0.909. The minimum Gasteiger partial charge on any atom is -0.341 e. The summed E-state index contributed by atoms with van der Waals surface area (Å²) in [6.07, 6.45) is 0. The molecule has 4 nitrogen and oxygen atoms in total. The second kappa shape index (κ2) is 6.98. The van der Waals surface area contributed by atoms with Crippen molar-refractivity contribution >= 4 is 11.0 Å². The molecule has 4 heteroatoms. The smallest absolute Gasteiger partial charge is 0.121 e. The molecule has 0 bridgehead atoms. The van der Waals surface area contributed by atoms with Gasteiger partial charge >= 0.3 is 0 Å². The van der Waals surface area contributed by atoms with Crippen molar-refractivity contribution in [1.29, 1.82) is 0 Å². The fourth-order valence-corrected chi connectivity index (χ4v) is 3.61. The molecule has 25 heavy (non-hydrogen) atoms. The van der Waals surface area contributed by atoms with Gasteiger partial charge in [0.05, 0.1) is 17.6 Å². The van der Waals surface area contributed by atoms with Crippen LogP contribution >= 0.6 is 0 Å². The molecule has 0 saturated carbocycles. The molecular formula is C21H26N4. The van der Waals surface area contributed by atoms with Gasteiger partial charge in [0.25, 0.3) is 0 Å². The molecule has 1 aliphatic heterocycles. The van der Waals surface area contributed by atoms with E-state index in [1.807, 2.05) is 6.07 Å². The summed E-state index contributed by atoms with van der Waals surface area (Å²) in [5, 5.41) is 0. The molecular weight excluding hydrogens is 308 g/mol. The number of fused-ring (bicyclic) bond motifs is 1. The fraction of sp³-hybridized carbons (Fsp3) is 0.381. The Morgan fingerprint density at radius 1 is 0.920 bits per heavy atom. The Labute approximate surface area is 149 Å². The molecule has 4 rings (SSSR count). The van der Waals surface area contributed by atoms with Crippen molar-refractivity contribution < 1.29 is 0 Å². The summed E-state index contributed by atoms with van der Waals surface area (Å²) in [5.74, 6) is 1.07. The van der Waals surface area contributed by atoms with Gasteiger partial charge in [-0.3, -0.25) is 9.80 Å². The lowest BCUT2D eigenvalue weighted by molar-refractivity contribution is 0.120. The molecule has 130 valence electrons. The maximum absolute atomic E-state index is 4.70. The van der Waals surface area contributed by atoms with Gasteiger partial charge in [-0.05, 0) is 37.1 Å². The molecule has 2 heterocycles. The number of H-pyrrole nitrogens is 1. The van der Waals surface area contributed by atoms with Crippen LogP contribution in [0.1, 0.15) is 22.5 Å². The van der Waals surface area contributed by atoms with E-state index in [9.17, 15) is 0 Å². The van der Waals surface area contributed by atoms with Crippen LogP contribution in [0.5, 0.6) is 0 Å². The molecule has 3 aromatic rings. The van der Waals surface area contributed by atoms with E-state index >= 15 is 0 Å². The van der Waals surface area contributed by atoms with E-state index < -0.39 is 0 Å². The molecule has 0 unspecified atom stereocenters. The Kier molecular flexibility index (Phi) is 4.55. The highest BCUT2D eigenvalue weighted by Gasteiger charge is 2.18. The molecule has 1 N–H and O–H groups in total. The first-order valence-corrected chi connectivity index (χ1v) is 9.12. The molecule has 1 aromatic heterocycles. The third-order valence-electron chi connectivity index (χ3n) is 5.18. The topological polar surface area (TPSA) is 35.2 Å². The first-order chi connectivity index (χ1) is 12.2. The van der Waals surface area contributed by atoms with Crippen LogP contribution in [-0.4, -0.2) is 45.9 Å². The van der Waals surface area contributed by atoms with E-state index in [2.05, 4.69) is 65.0 Å². The minimum absolute atomic E-state index is 0.909. The lowest BCUT2D eigenvalue weighted by atomic mass is 10.0. The number of nitrogens with zero attached hydrogens (tertiary/aromatic N) is 3. The van der Waals surface area contributed by atoms with Crippen LogP contribution in [0.3, 0.4) is 0 Å². The molecule has 1 saturated heterocycles. The van der Waals surface area contributed by atoms with Crippen LogP contribution in [0.4, 0.5) is 0 Å². The second-order valence-corrected chi connectivity index (χ2v) is 7.18. The normalized spacial score (nSPS) is 16.6. The maximum atomic E-state index is 4.70. The van der Waals surface area contributed by atoms with Crippen LogP contribution in [0.25, 0.3) is 11.0 Å². The highest BCUT2D eigenvalue weighted by Crippen LogP contribution is 2.16. The summed E-state index contributed by atoms with van der Waals surface area (Å²) < 4.78 is 0. The number of hydrogen-bond acceptors (Lipinski definition) is 3. The molecule has 0 atom stereocenters. The summed E-state index contributed by atoms with van der Waals surface area (Å²) in [7, 11) is 0. The first kappa shape index (κ1) is 16.3. The van der Waals surface area contributed by atoms with Crippen LogP contribution in [0, 0.1) is 13.8 Å². The number of nitrogens with one attached hydrogen (secondary N) is 1. The van der Waals surface area contributed by atoms with Gasteiger partial charge in [0, 0.05) is 32.7 Å². The SMILES string of the molecule is Cc1ccc(C)c(CN2CCN(Cc3nc4ccccc4[nH]3)CC2)c1. The highest BCUT2D eigenvalue weighted by atomic mass is 15.3. The molecule has 0 spiro atoms. The number of aromatic nitrogens is 2. The number of hydrogen-bond donors (Lipinski definition) is 1. The lowest BCUT2D eigenvalue weighted by Crippen LogP contribution is -2.45. The van der Waals surface area contributed by atoms with E-state index in [1.165, 1.54) is 16.7 Å². The van der Waals surface area contributed by atoms with Crippen molar-refractivity contribution in [3.8, 4) is 0 Å². The van der Waals surface area contributed by atoms with E-state index in [4.69, 9.17) is 4.98 Å². The summed E-state index contributed by atoms with van der Waals surface area (Å²) in [6, 6.07) is 15.0. The van der Waals surface area contributed by atoms with Gasteiger partial charge in [-0.2, -0.15) is 0 Å². The summed E-state index contributed by atoms with van der Waals surface area (Å²) >= 11 is 0. The lowest BCUT2D eigenvalue weighted by Gasteiger charge is -2.34. The molecule has 1 aliphatic rings. The average molecular weight is 334 g/mol. The average Bonchev–Trinajstić information content (AvgIpc) is 3.02. The Morgan fingerprint density at radius 2 is 1.64 bits per heavy atom. The Bertz CT molecular complexity index is 826. The van der Waals surface area contributed by atoms with Crippen LogP contribution in [0.2, 0.25) is 0 Å². The number of benzene rings is 2. The van der Waals surface area contributed by atoms with Gasteiger partial charge in [-0.25, -0.2) is 4.98 Å². The van der Waals surface area contributed by atoms with Gasteiger partial charge in [0.2, 0.25) is 0 Å². The fourth-order valence-electron chi connectivity index (χ4n) is 3.61. The van der Waals surface area contributed by atoms with Gasteiger partial charge in [0.15, 0.2) is 0 Å². The van der Waals surface area contributed by atoms with Gasteiger partial charge < -0.3 is 4.98 Å². The van der Waals surface area contributed by atoms with Crippen molar-refractivity contribution in [2.24, 2.45) is 0 Å². The predicted octanol–water partition coefficient (Wildman–Crippen LogP) is 3.50. The van der Waals surface area contributed by atoms with Crippen molar-refractivity contribution in [2.45, 2.75) is 26.9 Å². The number of aryl methyl sites for hydroxylation is 2. The van der Waals surface area contributed by atoms with Crippen molar-refractivity contribution in [3.05, 3.63) is 65.0 Å². The van der Waals surface area contributed by atoms with Crippen LogP contribution in [-0.2, 0) is 13.1 Å². The third kappa shape index (κ3) is 3.75. The van der Waals surface area contributed by atoms with Gasteiger partial charge in [-0.1, -0.05) is 35.9 Å². The number of rotatable bonds is 4. The van der Waals surface area contributed by atoms with Crippen molar-refractivity contribution in [1.82, 2.24) is 19.8 Å².